The van der Waals surface area contributed by atoms with Crippen molar-refractivity contribution in [3.8, 4) is 22.5 Å². The van der Waals surface area contributed by atoms with Crippen LogP contribution in [0.25, 0.3) is 97.1 Å². The van der Waals surface area contributed by atoms with Gasteiger partial charge in [-0.3, -0.25) is 0 Å². The fraction of sp³-hybridized carbons (Fsp3) is 0. The van der Waals surface area contributed by atoms with Crippen molar-refractivity contribution < 1.29 is 0 Å². The van der Waals surface area contributed by atoms with Crippen molar-refractivity contribution in [2.75, 3.05) is 0 Å². The second-order valence-corrected chi connectivity index (χ2v) is 14.0. The highest BCUT2D eigenvalue weighted by atomic mass is 32.1. The van der Waals surface area contributed by atoms with E-state index in [0.717, 1.165) is 5.69 Å². The molecule has 8 aromatic carbocycles. The van der Waals surface area contributed by atoms with Gasteiger partial charge in [0.25, 0.3) is 0 Å². The van der Waals surface area contributed by atoms with Crippen LogP contribution in [0.4, 0.5) is 0 Å². The zero-order valence-electron chi connectivity index (χ0n) is 26.5. The molecule has 0 atom stereocenters. The Bertz CT molecular complexity index is 3090. The molecule has 0 saturated heterocycles. The lowest BCUT2D eigenvalue weighted by Gasteiger charge is -2.11. The summed E-state index contributed by atoms with van der Waals surface area (Å²) in [5.41, 5.74) is 9.70. The molecule has 2 nitrogen and oxygen atoms in total. The Kier molecular flexibility index (Phi) is 5.57. The fourth-order valence-electron chi connectivity index (χ4n) is 8.15. The maximum atomic E-state index is 2.44. The molecule has 49 heavy (non-hydrogen) atoms. The highest BCUT2D eigenvalue weighted by Gasteiger charge is 2.20. The summed E-state index contributed by atoms with van der Waals surface area (Å²) in [4.78, 5) is 0. The Labute approximate surface area is 286 Å². The summed E-state index contributed by atoms with van der Waals surface area (Å²) in [7, 11) is 0. The number of fused-ring (bicyclic) bond motifs is 11. The van der Waals surface area contributed by atoms with Crippen molar-refractivity contribution in [1.29, 1.82) is 0 Å². The molecular formula is C46H28N2S. The first-order valence-corrected chi connectivity index (χ1v) is 17.6. The number of aromatic nitrogens is 2. The molecule has 0 N–H and O–H groups in total. The largest absolute Gasteiger partial charge is 0.309 e. The molecule has 3 heteroatoms. The van der Waals surface area contributed by atoms with E-state index in [1.807, 2.05) is 11.3 Å². The van der Waals surface area contributed by atoms with Gasteiger partial charge in [-0.2, -0.15) is 0 Å². The monoisotopic (exact) mass is 640 g/mol. The highest BCUT2D eigenvalue weighted by molar-refractivity contribution is 7.26. The number of rotatable bonds is 3. The van der Waals surface area contributed by atoms with Crippen LogP contribution in [0.2, 0.25) is 0 Å². The number of para-hydroxylation sites is 2. The normalized spacial score (nSPS) is 12.1. The Balaban J connectivity index is 1.18. The molecule has 0 amide bonds. The quantitative estimate of drug-likeness (QED) is 0.182. The van der Waals surface area contributed by atoms with Crippen LogP contribution >= 0.6 is 11.3 Å². The van der Waals surface area contributed by atoms with E-state index >= 15 is 0 Å². The lowest BCUT2D eigenvalue weighted by molar-refractivity contribution is 1.16. The first-order chi connectivity index (χ1) is 24.3. The molecular weight excluding hydrogens is 613 g/mol. The first-order valence-electron chi connectivity index (χ1n) is 16.8. The van der Waals surface area contributed by atoms with Crippen LogP contribution in [0.1, 0.15) is 0 Å². The number of benzene rings is 8. The zero-order chi connectivity index (χ0) is 32.1. The van der Waals surface area contributed by atoms with Crippen molar-refractivity contribution in [3.63, 3.8) is 0 Å². The lowest BCUT2D eigenvalue weighted by atomic mass is 10.0. The molecule has 3 heterocycles. The van der Waals surface area contributed by atoms with Gasteiger partial charge in [-0.25, -0.2) is 0 Å². The maximum absolute atomic E-state index is 2.44. The van der Waals surface area contributed by atoms with E-state index in [0.29, 0.717) is 0 Å². The summed E-state index contributed by atoms with van der Waals surface area (Å²) in [5.74, 6) is 0. The predicted octanol–water partition coefficient (Wildman–Crippen LogP) is 13.1. The Morgan fingerprint density at radius 2 is 1.04 bits per heavy atom. The summed E-state index contributed by atoms with van der Waals surface area (Å²) >= 11 is 1.88. The molecule has 228 valence electrons. The first kappa shape index (κ1) is 26.9. The van der Waals surface area contributed by atoms with Gasteiger partial charge in [-0.05, 0) is 76.5 Å². The predicted molar refractivity (Wildman–Crippen MR) is 211 cm³/mol. The van der Waals surface area contributed by atoms with Gasteiger partial charge in [0.05, 0.1) is 22.1 Å². The zero-order valence-corrected chi connectivity index (χ0v) is 27.3. The van der Waals surface area contributed by atoms with Crippen molar-refractivity contribution in [2.45, 2.75) is 0 Å². The molecule has 0 aliphatic heterocycles. The van der Waals surface area contributed by atoms with Crippen LogP contribution in [-0.2, 0) is 0 Å². The van der Waals surface area contributed by atoms with Crippen LogP contribution in [0.3, 0.4) is 0 Å². The van der Waals surface area contributed by atoms with Gasteiger partial charge < -0.3 is 9.13 Å². The minimum Gasteiger partial charge on any atom is -0.309 e. The van der Waals surface area contributed by atoms with Gasteiger partial charge in [0.2, 0.25) is 0 Å². The van der Waals surface area contributed by atoms with Crippen LogP contribution in [0.15, 0.2) is 170 Å². The van der Waals surface area contributed by atoms with E-state index in [4.69, 9.17) is 0 Å². The molecule has 0 unspecified atom stereocenters. The summed E-state index contributed by atoms with van der Waals surface area (Å²) in [6.07, 6.45) is 0. The SMILES string of the molecule is c1ccc(-n2c3cc4c(cc3c3c5ccccc5ccc32)c2ccccc2n4-c2ccc(-c3cccc4c3sc3ccccc34)cc2)cc1. The summed E-state index contributed by atoms with van der Waals surface area (Å²) in [6.45, 7) is 0. The smallest absolute Gasteiger partial charge is 0.0562 e. The third kappa shape index (κ3) is 3.82. The van der Waals surface area contributed by atoms with Crippen LogP contribution in [0, 0.1) is 0 Å². The second kappa shape index (κ2) is 10.2. The van der Waals surface area contributed by atoms with Gasteiger partial charge in [0, 0.05) is 53.1 Å². The molecule has 3 aromatic heterocycles. The number of hydrogen-bond acceptors (Lipinski definition) is 1. The van der Waals surface area contributed by atoms with E-state index in [1.165, 1.54) is 91.4 Å². The van der Waals surface area contributed by atoms with Crippen LogP contribution in [0.5, 0.6) is 0 Å². The van der Waals surface area contributed by atoms with E-state index in [2.05, 4.69) is 179 Å². The van der Waals surface area contributed by atoms with E-state index < -0.39 is 0 Å². The van der Waals surface area contributed by atoms with E-state index in [1.54, 1.807) is 0 Å². The van der Waals surface area contributed by atoms with Crippen LogP contribution < -0.4 is 0 Å². The topological polar surface area (TPSA) is 9.86 Å². The molecule has 0 aliphatic rings. The van der Waals surface area contributed by atoms with E-state index in [-0.39, 0.29) is 0 Å². The van der Waals surface area contributed by atoms with Crippen LogP contribution in [-0.4, -0.2) is 9.13 Å². The van der Waals surface area contributed by atoms with Gasteiger partial charge in [-0.1, -0.05) is 115 Å². The standard InChI is InChI=1S/C46H28N2S/c1-2-12-31(13-3-1)48-41-26-23-29-11-4-5-14-33(29)45(41)39-27-38-35-15-6-8-19-40(35)47(42(38)28-43(39)48)32-24-21-30(22-25-32)34-17-10-18-37-36-16-7-9-20-44(36)49-46(34)37/h1-28H. The molecule has 0 saturated carbocycles. The maximum Gasteiger partial charge on any atom is 0.0562 e. The average Bonchev–Trinajstić information content (AvgIpc) is 3.82. The van der Waals surface area contributed by atoms with Gasteiger partial charge in [0.15, 0.2) is 0 Å². The summed E-state index contributed by atoms with van der Waals surface area (Å²) in [6, 6.07) is 62.4. The Hall–Kier alpha value is -6.16. The summed E-state index contributed by atoms with van der Waals surface area (Å²) < 4.78 is 7.56. The number of hydrogen-bond donors (Lipinski definition) is 0. The molecule has 0 spiro atoms. The van der Waals surface area contributed by atoms with Crippen molar-refractivity contribution in [1.82, 2.24) is 9.13 Å². The fourth-order valence-corrected chi connectivity index (χ4v) is 9.38. The molecule has 0 radical (unpaired) electrons. The highest BCUT2D eigenvalue weighted by Crippen LogP contribution is 2.43. The van der Waals surface area contributed by atoms with Crippen molar-refractivity contribution in [2.24, 2.45) is 0 Å². The van der Waals surface area contributed by atoms with Crippen molar-refractivity contribution in [3.05, 3.63) is 170 Å². The molecule has 0 bridgehead atoms. The third-order valence-electron chi connectivity index (χ3n) is 10.3. The minimum atomic E-state index is 1.16. The number of nitrogens with zero attached hydrogens (tertiary/aromatic N) is 2. The van der Waals surface area contributed by atoms with Crippen molar-refractivity contribution >= 4 is 85.9 Å². The lowest BCUT2D eigenvalue weighted by Crippen LogP contribution is -1.96. The molecule has 11 rings (SSSR count). The average molecular weight is 641 g/mol. The molecule has 0 aliphatic carbocycles. The summed E-state index contributed by atoms with van der Waals surface area (Å²) in [5, 5.41) is 10.3. The number of thiophene rings is 1. The molecule has 0 fully saturated rings. The Morgan fingerprint density at radius 1 is 0.367 bits per heavy atom. The second-order valence-electron chi connectivity index (χ2n) is 12.9. The van der Waals surface area contributed by atoms with Gasteiger partial charge in [-0.15, -0.1) is 11.3 Å². The van der Waals surface area contributed by atoms with E-state index in [9.17, 15) is 0 Å². The Morgan fingerprint density at radius 3 is 1.92 bits per heavy atom. The van der Waals surface area contributed by atoms with Gasteiger partial charge in [0.1, 0.15) is 0 Å². The molecule has 11 aromatic rings. The third-order valence-corrected chi connectivity index (χ3v) is 11.5. The minimum absolute atomic E-state index is 1.16. The van der Waals surface area contributed by atoms with Gasteiger partial charge >= 0.3 is 0 Å².